The van der Waals surface area contributed by atoms with Crippen molar-refractivity contribution in [3.05, 3.63) is 57.4 Å². The van der Waals surface area contributed by atoms with E-state index in [4.69, 9.17) is 11.6 Å². The first-order valence-corrected chi connectivity index (χ1v) is 9.98. The molecule has 1 N–H and O–H groups in total. The summed E-state index contributed by atoms with van der Waals surface area (Å²) < 4.78 is 1.52. The number of halogens is 1. The van der Waals surface area contributed by atoms with E-state index in [1.165, 1.54) is 17.1 Å². The smallest absolute Gasteiger partial charge is 0.306 e. The molecule has 0 spiro atoms. The van der Waals surface area contributed by atoms with Crippen molar-refractivity contribution in [3.8, 4) is 0 Å². The Morgan fingerprint density at radius 2 is 2.03 bits per heavy atom. The van der Waals surface area contributed by atoms with Gasteiger partial charge >= 0.3 is 5.69 Å². The maximum absolute atomic E-state index is 12.6. The van der Waals surface area contributed by atoms with E-state index in [0.29, 0.717) is 50.7 Å². The van der Waals surface area contributed by atoms with Gasteiger partial charge in [0.15, 0.2) is 5.96 Å². The molecule has 11 heteroatoms. The number of aromatic nitrogens is 2. The van der Waals surface area contributed by atoms with Gasteiger partial charge in [0.2, 0.25) is 5.91 Å². The number of guanidine groups is 1. The molecule has 1 aromatic carbocycles. The van der Waals surface area contributed by atoms with Crippen LogP contribution >= 0.6 is 11.6 Å². The first-order valence-electron chi connectivity index (χ1n) is 9.61. The largest absolute Gasteiger partial charge is 0.354 e. The summed E-state index contributed by atoms with van der Waals surface area (Å²) in [6, 6.07) is 7.36. The van der Waals surface area contributed by atoms with Crippen molar-refractivity contribution in [2.24, 2.45) is 4.99 Å². The normalized spacial score (nSPS) is 14.7. The molecule has 0 atom stereocenters. The highest BCUT2D eigenvalue weighted by atomic mass is 35.5. The number of piperazine rings is 1. The third-order valence-electron chi connectivity index (χ3n) is 4.84. The van der Waals surface area contributed by atoms with E-state index in [1.807, 2.05) is 23.1 Å². The summed E-state index contributed by atoms with van der Waals surface area (Å²) in [4.78, 5) is 31.1. The molecule has 0 saturated carbocycles. The number of hydrogen-bond donors (Lipinski definition) is 1. The lowest BCUT2D eigenvalue weighted by atomic mass is 10.1. The SMILES string of the molecule is CN=C(NCCn1cc([N+](=O)[O-])cn1)N1CCN(C(=O)Cc2cccc(Cl)c2)CC1. The van der Waals surface area contributed by atoms with Crippen LogP contribution in [0.5, 0.6) is 0 Å². The van der Waals surface area contributed by atoms with Crippen LogP contribution in [0.2, 0.25) is 5.02 Å². The predicted octanol–water partition coefficient (Wildman–Crippen LogP) is 1.41. The minimum absolute atomic E-state index is 0.0297. The molecule has 160 valence electrons. The Balaban J connectivity index is 1.44. The monoisotopic (exact) mass is 433 g/mol. The fourth-order valence-electron chi connectivity index (χ4n) is 3.28. The van der Waals surface area contributed by atoms with Gasteiger partial charge in [0.05, 0.1) is 17.9 Å². The zero-order chi connectivity index (χ0) is 21.5. The number of nitro groups is 1. The number of nitrogens with zero attached hydrogens (tertiary/aromatic N) is 6. The Hall–Kier alpha value is -3.14. The summed E-state index contributed by atoms with van der Waals surface area (Å²) >= 11 is 5.99. The Labute approximate surface area is 179 Å². The molecule has 1 saturated heterocycles. The predicted molar refractivity (Wildman–Crippen MR) is 114 cm³/mol. The van der Waals surface area contributed by atoms with Crippen LogP contribution in [0.25, 0.3) is 0 Å². The Bertz CT molecular complexity index is 922. The molecule has 0 radical (unpaired) electrons. The van der Waals surface area contributed by atoms with Crippen LogP contribution in [0.1, 0.15) is 5.56 Å². The molecule has 0 bridgehead atoms. The summed E-state index contributed by atoms with van der Waals surface area (Å²) in [6.45, 7) is 3.59. The maximum Gasteiger partial charge on any atom is 0.306 e. The highest BCUT2D eigenvalue weighted by Gasteiger charge is 2.23. The Morgan fingerprint density at radius 3 is 2.67 bits per heavy atom. The third-order valence-corrected chi connectivity index (χ3v) is 5.08. The van der Waals surface area contributed by atoms with Gasteiger partial charge in [-0.25, -0.2) is 0 Å². The average molecular weight is 434 g/mol. The van der Waals surface area contributed by atoms with Crippen molar-refractivity contribution < 1.29 is 9.72 Å². The van der Waals surface area contributed by atoms with Crippen LogP contribution in [0.4, 0.5) is 5.69 Å². The lowest BCUT2D eigenvalue weighted by Gasteiger charge is -2.36. The van der Waals surface area contributed by atoms with Crippen molar-refractivity contribution >= 4 is 29.2 Å². The number of carbonyl (C=O) groups is 1. The van der Waals surface area contributed by atoms with Crippen molar-refractivity contribution in [3.63, 3.8) is 0 Å². The van der Waals surface area contributed by atoms with Crippen LogP contribution in [0.3, 0.4) is 0 Å². The van der Waals surface area contributed by atoms with E-state index >= 15 is 0 Å². The number of rotatable bonds is 6. The van der Waals surface area contributed by atoms with Crippen LogP contribution in [-0.2, 0) is 17.8 Å². The second kappa shape index (κ2) is 10.1. The first kappa shape index (κ1) is 21.6. The van der Waals surface area contributed by atoms with E-state index in [0.717, 1.165) is 11.5 Å². The third kappa shape index (κ3) is 5.69. The quantitative estimate of drug-likeness (QED) is 0.319. The number of amides is 1. The van der Waals surface area contributed by atoms with Gasteiger partial charge < -0.3 is 15.1 Å². The highest BCUT2D eigenvalue weighted by Crippen LogP contribution is 2.13. The number of benzene rings is 1. The minimum atomic E-state index is -0.469. The van der Waals surface area contributed by atoms with Gasteiger partial charge in [0, 0.05) is 44.8 Å². The molecule has 3 rings (SSSR count). The number of aliphatic imine (C=N–C) groups is 1. The zero-order valence-electron chi connectivity index (χ0n) is 16.7. The van der Waals surface area contributed by atoms with Crippen molar-refractivity contribution in [1.29, 1.82) is 0 Å². The molecule has 0 aliphatic carbocycles. The molecular formula is C19H24ClN7O3. The second-order valence-electron chi connectivity index (χ2n) is 6.87. The molecule has 1 aromatic heterocycles. The molecule has 10 nitrogen and oxygen atoms in total. The molecule has 2 aromatic rings. The lowest BCUT2D eigenvalue weighted by molar-refractivity contribution is -0.385. The summed E-state index contributed by atoms with van der Waals surface area (Å²) in [5.74, 6) is 0.818. The molecule has 1 aliphatic heterocycles. The van der Waals surface area contributed by atoms with E-state index in [1.54, 1.807) is 13.1 Å². The Morgan fingerprint density at radius 1 is 1.30 bits per heavy atom. The topological polar surface area (TPSA) is 109 Å². The van der Waals surface area contributed by atoms with Crippen LogP contribution in [0.15, 0.2) is 41.7 Å². The van der Waals surface area contributed by atoms with Gasteiger partial charge in [-0.2, -0.15) is 5.10 Å². The van der Waals surface area contributed by atoms with E-state index in [-0.39, 0.29) is 11.6 Å². The molecule has 1 fully saturated rings. The summed E-state index contributed by atoms with van der Waals surface area (Å²) in [7, 11) is 1.71. The van der Waals surface area contributed by atoms with E-state index < -0.39 is 4.92 Å². The highest BCUT2D eigenvalue weighted by molar-refractivity contribution is 6.30. The minimum Gasteiger partial charge on any atom is -0.354 e. The van der Waals surface area contributed by atoms with Gasteiger partial charge in [-0.05, 0) is 17.7 Å². The maximum atomic E-state index is 12.6. The fraction of sp³-hybridized carbons (Fsp3) is 0.421. The average Bonchev–Trinajstić information content (AvgIpc) is 3.21. The van der Waals surface area contributed by atoms with Crippen LogP contribution < -0.4 is 5.32 Å². The van der Waals surface area contributed by atoms with Gasteiger partial charge in [0.25, 0.3) is 0 Å². The molecule has 1 amide bonds. The van der Waals surface area contributed by atoms with Crippen molar-refractivity contribution in [1.82, 2.24) is 24.9 Å². The van der Waals surface area contributed by atoms with E-state index in [9.17, 15) is 14.9 Å². The zero-order valence-corrected chi connectivity index (χ0v) is 17.5. The molecule has 1 aliphatic rings. The van der Waals surface area contributed by atoms with Crippen molar-refractivity contribution in [2.75, 3.05) is 39.8 Å². The van der Waals surface area contributed by atoms with Gasteiger partial charge in [-0.3, -0.25) is 24.6 Å². The molecule has 30 heavy (non-hydrogen) atoms. The number of hydrogen-bond acceptors (Lipinski definition) is 5. The summed E-state index contributed by atoms with van der Waals surface area (Å²) in [5.41, 5.74) is 0.879. The van der Waals surface area contributed by atoms with Gasteiger partial charge in [-0.15, -0.1) is 0 Å². The molecule has 0 unspecified atom stereocenters. The number of nitrogens with one attached hydrogen (secondary N) is 1. The Kier molecular flexibility index (Phi) is 7.23. The standard InChI is InChI=1S/C19H24ClN7O3/c1-21-19(22-5-6-26-14-17(13-23-26)27(29)30)25-9-7-24(8-10-25)18(28)12-15-3-2-4-16(20)11-15/h2-4,11,13-14H,5-10,12H2,1H3,(H,21,22). The fourth-order valence-corrected chi connectivity index (χ4v) is 3.50. The van der Waals surface area contributed by atoms with E-state index in [2.05, 4.69) is 20.3 Å². The second-order valence-corrected chi connectivity index (χ2v) is 7.30. The van der Waals surface area contributed by atoms with Gasteiger partial charge in [-0.1, -0.05) is 23.7 Å². The lowest BCUT2D eigenvalue weighted by Crippen LogP contribution is -2.54. The molecule has 2 heterocycles. The molecular weight excluding hydrogens is 410 g/mol. The van der Waals surface area contributed by atoms with Crippen molar-refractivity contribution in [2.45, 2.75) is 13.0 Å². The van der Waals surface area contributed by atoms with Crippen LogP contribution in [-0.4, -0.2) is 76.1 Å². The summed E-state index contributed by atoms with van der Waals surface area (Å²) in [5, 5.41) is 18.6. The number of carbonyl (C=O) groups excluding carboxylic acids is 1. The summed E-state index contributed by atoms with van der Waals surface area (Å²) in [6.07, 6.45) is 2.97. The first-order chi connectivity index (χ1) is 14.5. The van der Waals surface area contributed by atoms with Gasteiger partial charge in [0.1, 0.15) is 12.4 Å². The van der Waals surface area contributed by atoms with Crippen LogP contribution in [0, 0.1) is 10.1 Å².